The lowest BCUT2D eigenvalue weighted by atomic mass is 10.3. The van der Waals surface area contributed by atoms with Crippen LogP contribution in [0.15, 0.2) is 0 Å². The first-order valence-electron chi connectivity index (χ1n) is 3.96. The van der Waals surface area contributed by atoms with Crippen LogP contribution >= 0.6 is 0 Å². The van der Waals surface area contributed by atoms with Crippen LogP contribution in [0.1, 0.15) is 13.8 Å². The zero-order chi connectivity index (χ0) is 10.6. The van der Waals surface area contributed by atoms with E-state index in [2.05, 4.69) is 5.32 Å². The molecule has 5 nitrogen and oxygen atoms in total. The van der Waals surface area contributed by atoms with Crippen molar-refractivity contribution in [2.24, 2.45) is 5.73 Å². The molecule has 0 aliphatic rings. The van der Waals surface area contributed by atoms with E-state index < -0.39 is 21.9 Å². The lowest BCUT2D eigenvalue weighted by Crippen LogP contribution is -2.45. The summed E-state index contributed by atoms with van der Waals surface area (Å²) in [6.07, 6.45) is 1.13. The Morgan fingerprint density at radius 2 is 1.92 bits per heavy atom. The van der Waals surface area contributed by atoms with Crippen molar-refractivity contribution in [2.75, 3.05) is 12.0 Å². The van der Waals surface area contributed by atoms with Gasteiger partial charge in [-0.2, -0.15) is 0 Å². The van der Waals surface area contributed by atoms with Gasteiger partial charge < -0.3 is 11.1 Å². The monoisotopic (exact) mass is 208 g/mol. The predicted molar refractivity (Wildman–Crippen MR) is 51.0 cm³/mol. The van der Waals surface area contributed by atoms with E-state index in [1.54, 1.807) is 13.8 Å². The number of nitrogens with two attached hydrogens (primary N) is 1. The van der Waals surface area contributed by atoms with Crippen molar-refractivity contribution in [3.63, 3.8) is 0 Å². The van der Waals surface area contributed by atoms with E-state index in [4.69, 9.17) is 5.73 Å². The molecular formula is C7H16N2O3S. The Bertz CT molecular complexity index is 271. The summed E-state index contributed by atoms with van der Waals surface area (Å²) in [7, 11) is -3.05. The highest BCUT2D eigenvalue weighted by atomic mass is 32.2. The molecule has 78 valence electrons. The fourth-order valence-electron chi connectivity index (χ4n) is 0.870. The average molecular weight is 208 g/mol. The van der Waals surface area contributed by atoms with Crippen LogP contribution in [0.5, 0.6) is 0 Å². The number of carbonyl (C=O) groups excluding carboxylic acids is 1. The van der Waals surface area contributed by atoms with Crippen molar-refractivity contribution in [1.82, 2.24) is 5.32 Å². The molecule has 0 radical (unpaired) electrons. The number of nitrogens with one attached hydrogen (secondary N) is 1. The number of rotatable bonds is 4. The van der Waals surface area contributed by atoms with Crippen LogP contribution in [0, 0.1) is 0 Å². The molecule has 1 unspecified atom stereocenters. The van der Waals surface area contributed by atoms with E-state index in [1.165, 1.54) is 0 Å². The van der Waals surface area contributed by atoms with Crippen LogP contribution in [-0.2, 0) is 14.6 Å². The van der Waals surface area contributed by atoms with Crippen molar-refractivity contribution in [3.8, 4) is 0 Å². The molecule has 0 saturated heterocycles. The van der Waals surface area contributed by atoms with Crippen LogP contribution < -0.4 is 11.1 Å². The highest BCUT2D eigenvalue weighted by Crippen LogP contribution is 1.90. The Balaban J connectivity index is 4.03. The van der Waals surface area contributed by atoms with Gasteiger partial charge in [0, 0.05) is 12.3 Å². The van der Waals surface area contributed by atoms with Gasteiger partial charge in [0.15, 0.2) is 0 Å². The standard InChI is InChI=1S/C7H16N2O3S/c1-5(4-13(3,11)12)9-7(10)6(2)8/h5-6H,4,8H2,1-3H3,(H,9,10)/t5?,6-/m1/s1. The fraction of sp³-hybridized carbons (Fsp3) is 0.857. The molecule has 0 bridgehead atoms. The van der Waals surface area contributed by atoms with Gasteiger partial charge in [-0.15, -0.1) is 0 Å². The van der Waals surface area contributed by atoms with Crippen LogP contribution in [0.25, 0.3) is 0 Å². The molecule has 0 aromatic heterocycles. The molecule has 0 aliphatic carbocycles. The summed E-state index contributed by atoms with van der Waals surface area (Å²) in [4.78, 5) is 11.0. The predicted octanol–water partition coefficient (Wildman–Crippen LogP) is -1.12. The maximum absolute atomic E-state index is 11.0. The quantitative estimate of drug-likeness (QED) is 0.612. The van der Waals surface area contributed by atoms with Crippen LogP contribution in [-0.4, -0.2) is 38.4 Å². The summed E-state index contributed by atoms with van der Waals surface area (Å²) in [5, 5.41) is 2.49. The van der Waals surface area contributed by atoms with E-state index >= 15 is 0 Å². The van der Waals surface area contributed by atoms with Crippen molar-refractivity contribution < 1.29 is 13.2 Å². The molecule has 13 heavy (non-hydrogen) atoms. The van der Waals surface area contributed by atoms with Gasteiger partial charge in [0.05, 0.1) is 11.8 Å². The number of hydrogen-bond donors (Lipinski definition) is 2. The minimum atomic E-state index is -3.05. The third-order valence-electron chi connectivity index (χ3n) is 1.35. The molecule has 0 saturated carbocycles. The van der Waals surface area contributed by atoms with Crippen LogP contribution in [0.4, 0.5) is 0 Å². The van der Waals surface area contributed by atoms with Gasteiger partial charge in [-0.3, -0.25) is 4.79 Å². The molecule has 6 heteroatoms. The second-order valence-corrected chi connectivity index (χ2v) is 5.48. The lowest BCUT2D eigenvalue weighted by Gasteiger charge is -2.14. The van der Waals surface area contributed by atoms with E-state index in [0.717, 1.165) is 6.26 Å². The van der Waals surface area contributed by atoms with Gasteiger partial charge in [0.2, 0.25) is 5.91 Å². The highest BCUT2D eigenvalue weighted by molar-refractivity contribution is 7.90. The van der Waals surface area contributed by atoms with Crippen LogP contribution in [0.2, 0.25) is 0 Å². The summed E-state index contributed by atoms with van der Waals surface area (Å²) in [6.45, 7) is 3.17. The summed E-state index contributed by atoms with van der Waals surface area (Å²) in [5.74, 6) is -0.401. The molecule has 3 N–H and O–H groups in total. The van der Waals surface area contributed by atoms with E-state index in [9.17, 15) is 13.2 Å². The van der Waals surface area contributed by atoms with Gasteiger partial charge >= 0.3 is 0 Å². The van der Waals surface area contributed by atoms with Gasteiger partial charge in [-0.1, -0.05) is 0 Å². The maximum Gasteiger partial charge on any atom is 0.236 e. The average Bonchev–Trinajstić information content (AvgIpc) is 1.81. The first-order chi connectivity index (χ1) is 5.72. The van der Waals surface area contributed by atoms with Gasteiger partial charge in [-0.05, 0) is 13.8 Å². The molecule has 0 aromatic carbocycles. The van der Waals surface area contributed by atoms with E-state index in [0.29, 0.717) is 0 Å². The largest absolute Gasteiger partial charge is 0.351 e. The lowest BCUT2D eigenvalue weighted by molar-refractivity contribution is -0.122. The molecule has 2 atom stereocenters. The number of hydrogen-bond acceptors (Lipinski definition) is 4. The minimum Gasteiger partial charge on any atom is -0.351 e. The van der Waals surface area contributed by atoms with Crippen LogP contribution in [0.3, 0.4) is 0 Å². The minimum absolute atomic E-state index is 0.0640. The summed E-state index contributed by atoms with van der Waals surface area (Å²) >= 11 is 0. The molecule has 0 heterocycles. The Labute approximate surface area is 78.6 Å². The third kappa shape index (κ3) is 6.53. The second-order valence-electron chi connectivity index (χ2n) is 3.29. The number of amides is 1. The summed E-state index contributed by atoms with van der Waals surface area (Å²) in [6, 6.07) is -1.00. The molecule has 0 spiro atoms. The molecule has 0 aromatic rings. The maximum atomic E-state index is 11.0. The Hall–Kier alpha value is -0.620. The van der Waals surface area contributed by atoms with Gasteiger partial charge in [0.25, 0.3) is 0 Å². The smallest absolute Gasteiger partial charge is 0.236 e. The van der Waals surface area contributed by atoms with Gasteiger partial charge in [0.1, 0.15) is 9.84 Å². The normalized spacial score (nSPS) is 16.3. The number of sulfone groups is 1. The van der Waals surface area contributed by atoms with Crippen molar-refractivity contribution in [3.05, 3.63) is 0 Å². The molecule has 1 amide bonds. The van der Waals surface area contributed by atoms with Crippen molar-refractivity contribution in [1.29, 1.82) is 0 Å². The Morgan fingerprint density at radius 1 is 1.46 bits per heavy atom. The Kier molecular flexibility index (Phi) is 4.35. The topological polar surface area (TPSA) is 89.3 Å². The molecule has 0 aliphatic heterocycles. The summed E-state index contributed by atoms with van der Waals surface area (Å²) in [5.41, 5.74) is 5.29. The zero-order valence-corrected chi connectivity index (χ0v) is 8.89. The van der Waals surface area contributed by atoms with E-state index in [1.807, 2.05) is 0 Å². The Morgan fingerprint density at radius 3 is 2.23 bits per heavy atom. The zero-order valence-electron chi connectivity index (χ0n) is 8.07. The molecule has 0 fully saturated rings. The second kappa shape index (κ2) is 4.57. The van der Waals surface area contributed by atoms with Gasteiger partial charge in [-0.25, -0.2) is 8.42 Å². The van der Waals surface area contributed by atoms with Crippen molar-refractivity contribution in [2.45, 2.75) is 25.9 Å². The SMILES string of the molecule is CC(CS(C)(=O)=O)NC(=O)[C@@H](C)N. The summed E-state index contributed by atoms with van der Waals surface area (Å²) < 4.78 is 21.6. The van der Waals surface area contributed by atoms with Crippen molar-refractivity contribution >= 4 is 15.7 Å². The molecular weight excluding hydrogens is 192 g/mol. The number of carbonyl (C=O) groups is 1. The first-order valence-corrected chi connectivity index (χ1v) is 6.02. The fourth-order valence-corrected chi connectivity index (χ4v) is 1.86. The van der Waals surface area contributed by atoms with E-state index in [-0.39, 0.29) is 11.7 Å². The highest BCUT2D eigenvalue weighted by Gasteiger charge is 2.14. The molecule has 0 rings (SSSR count). The third-order valence-corrected chi connectivity index (χ3v) is 2.46. The first kappa shape index (κ1) is 12.4.